The van der Waals surface area contributed by atoms with E-state index in [0.29, 0.717) is 10.8 Å². The minimum atomic E-state index is -0.999. The first-order valence-corrected chi connectivity index (χ1v) is 8.06. The molecule has 3 nitrogen and oxygen atoms in total. The second-order valence-corrected chi connectivity index (χ2v) is 6.42. The lowest BCUT2D eigenvalue weighted by molar-refractivity contribution is -0.128. The van der Waals surface area contributed by atoms with Gasteiger partial charge in [-0.15, -0.1) is 0 Å². The van der Waals surface area contributed by atoms with Gasteiger partial charge in [-0.2, -0.15) is 0 Å². The second kappa shape index (κ2) is 7.05. The van der Waals surface area contributed by atoms with Crippen molar-refractivity contribution in [3.63, 3.8) is 0 Å². The highest BCUT2D eigenvalue weighted by atomic mass is 35.5. The number of amides is 1. The average molecular weight is 332 g/mol. The van der Waals surface area contributed by atoms with Gasteiger partial charge in [0.1, 0.15) is 5.75 Å². The van der Waals surface area contributed by atoms with Crippen molar-refractivity contribution in [2.45, 2.75) is 39.7 Å². The first kappa shape index (κ1) is 17.4. The topological polar surface area (TPSA) is 38.3 Å². The molecule has 0 bridgehead atoms. The van der Waals surface area contributed by atoms with Crippen molar-refractivity contribution in [2.24, 2.45) is 0 Å². The average Bonchev–Trinajstić information content (AvgIpc) is 2.51. The van der Waals surface area contributed by atoms with Crippen molar-refractivity contribution in [3.8, 4) is 5.75 Å². The second-order valence-electron chi connectivity index (χ2n) is 5.98. The van der Waals surface area contributed by atoms with Gasteiger partial charge in [0.25, 0.3) is 5.91 Å². The molecule has 0 fully saturated rings. The van der Waals surface area contributed by atoms with Crippen LogP contribution in [0.25, 0.3) is 0 Å². The predicted molar refractivity (Wildman–Crippen MR) is 95.3 cm³/mol. The summed E-state index contributed by atoms with van der Waals surface area (Å²) in [7, 11) is 0. The minimum Gasteiger partial charge on any atom is -0.478 e. The Hall–Kier alpha value is -2.00. The Morgan fingerprint density at radius 1 is 1.17 bits per heavy atom. The quantitative estimate of drug-likeness (QED) is 0.836. The van der Waals surface area contributed by atoms with Gasteiger partial charge < -0.3 is 10.1 Å². The summed E-state index contributed by atoms with van der Waals surface area (Å²) in [4.78, 5) is 12.7. The van der Waals surface area contributed by atoms with Crippen molar-refractivity contribution in [3.05, 3.63) is 58.6 Å². The molecule has 0 heterocycles. The molecule has 0 aromatic heterocycles. The van der Waals surface area contributed by atoms with Crippen molar-refractivity contribution < 1.29 is 9.53 Å². The number of halogens is 1. The summed E-state index contributed by atoms with van der Waals surface area (Å²) in [6, 6.07) is 13.0. The summed E-state index contributed by atoms with van der Waals surface area (Å²) in [5.74, 6) is 0.423. The molecule has 23 heavy (non-hydrogen) atoms. The molecular formula is C19H22ClNO2. The SMILES string of the molecule is CCc1cccc(C)c1NC(=O)C(C)(C)Oc1ccc(Cl)cc1. The zero-order valence-electron chi connectivity index (χ0n) is 13.9. The molecule has 2 rings (SSSR count). The fourth-order valence-corrected chi connectivity index (χ4v) is 2.44. The Labute approximate surface area is 142 Å². The molecule has 2 aromatic carbocycles. The van der Waals surface area contributed by atoms with Gasteiger partial charge in [0.15, 0.2) is 5.60 Å². The molecule has 122 valence electrons. The Morgan fingerprint density at radius 2 is 1.83 bits per heavy atom. The molecule has 0 aliphatic heterocycles. The maximum Gasteiger partial charge on any atom is 0.267 e. The van der Waals surface area contributed by atoms with Gasteiger partial charge in [0.05, 0.1) is 0 Å². The summed E-state index contributed by atoms with van der Waals surface area (Å²) in [6.07, 6.45) is 0.857. The van der Waals surface area contributed by atoms with E-state index in [-0.39, 0.29) is 5.91 Å². The molecule has 0 spiro atoms. The third-order valence-corrected chi connectivity index (χ3v) is 3.96. The number of nitrogens with one attached hydrogen (secondary N) is 1. The Morgan fingerprint density at radius 3 is 2.43 bits per heavy atom. The molecule has 0 aliphatic rings. The van der Waals surface area contributed by atoms with E-state index < -0.39 is 5.60 Å². The van der Waals surface area contributed by atoms with Gasteiger partial charge in [-0.25, -0.2) is 0 Å². The molecule has 4 heteroatoms. The Balaban J connectivity index is 2.17. The number of carbonyl (C=O) groups is 1. The number of rotatable bonds is 5. The Bertz CT molecular complexity index is 693. The molecule has 0 saturated heterocycles. The van der Waals surface area contributed by atoms with E-state index in [1.165, 1.54) is 0 Å². The molecular weight excluding hydrogens is 310 g/mol. The van der Waals surface area contributed by atoms with Crippen LogP contribution >= 0.6 is 11.6 Å². The fraction of sp³-hybridized carbons (Fsp3) is 0.316. The van der Waals surface area contributed by atoms with Crippen LogP contribution in [0.4, 0.5) is 5.69 Å². The zero-order chi connectivity index (χ0) is 17.0. The largest absolute Gasteiger partial charge is 0.478 e. The highest BCUT2D eigenvalue weighted by molar-refractivity contribution is 6.30. The number of ether oxygens (including phenoxy) is 1. The number of carbonyl (C=O) groups excluding carboxylic acids is 1. The first-order valence-electron chi connectivity index (χ1n) is 7.68. The van der Waals surface area contributed by atoms with E-state index in [1.807, 2.05) is 25.1 Å². The van der Waals surface area contributed by atoms with Crippen LogP contribution in [-0.2, 0) is 11.2 Å². The third kappa shape index (κ3) is 4.26. The van der Waals surface area contributed by atoms with E-state index in [9.17, 15) is 4.79 Å². The molecule has 1 amide bonds. The number of anilines is 1. The predicted octanol–water partition coefficient (Wildman–Crippen LogP) is 5.01. The minimum absolute atomic E-state index is 0.184. The lowest BCUT2D eigenvalue weighted by Crippen LogP contribution is -2.42. The van der Waals surface area contributed by atoms with Gasteiger partial charge in [-0.3, -0.25) is 4.79 Å². The lowest BCUT2D eigenvalue weighted by Gasteiger charge is -2.26. The van der Waals surface area contributed by atoms with Crippen molar-refractivity contribution in [2.75, 3.05) is 5.32 Å². The van der Waals surface area contributed by atoms with Crippen LogP contribution in [0.15, 0.2) is 42.5 Å². The zero-order valence-corrected chi connectivity index (χ0v) is 14.7. The third-order valence-electron chi connectivity index (χ3n) is 3.71. The fourth-order valence-electron chi connectivity index (χ4n) is 2.31. The normalized spacial score (nSPS) is 11.2. The number of benzene rings is 2. The highest BCUT2D eigenvalue weighted by Crippen LogP contribution is 2.25. The molecule has 0 unspecified atom stereocenters. The summed E-state index contributed by atoms with van der Waals surface area (Å²) in [6.45, 7) is 7.56. The standard InChI is InChI=1S/C19H22ClNO2/c1-5-14-8-6-7-13(2)17(14)21-18(22)19(3,4)23-16-11-9-15(20)10-12-16/h6-12H,5H2,1-4H3,(H,21,22). The van der Waals surface area contributed by atoms with Crippen LogP contribution in [0.1, 0.15) is 31.9 Å². The van der Waals surface area contributed by atoms with Crippen molar-refractivity contribution in [1.82, 2.24) is 0 Å². The van der Waals surface area contributed by atoms with Crippen LogP contribution in [0.3, 0.4) is 0 Å². The van der Waals surface area contributed by atoms with E-state index >= 15 is 0 Å². The van der Waals surface area contributed by atoms with Crippen LogP contribution in [-0.4, -0.2) is 11.5 Å². The van der Waals surface area contributed by atoms with Crippen LogP contribution in [0.2, 0.25) is 5.02 Å². The smallest absolute Gasteiger partial charge is 0.267 e. The summed E-state index contributed by atoms with van der Waals surface area (Å²) < 4.78 is 5.83. The van der Waals surface area contributed by atoms with Gasteiger partial charge in [-0.1, -0.05) is 36.7 Å². The van der Waals surface area contributed by atoms with Gasteiger partial charge in [0.2, 0.25) is 0 Å². The summed E-state index contributed by atoms with van der Waals surface area (Å²) >= 11 is 5.87. The monoisotopic (exact) mass is 331 g/mol. The molecule has 0 radical (unpaired) electrons. The number of hydrogen-bond acceptors (Lipinski definition) is 2. The highest BCUT2D eigenvalue weighted by Gasteiger charge is 2.30. The van der Waals surface area contributed by atoms with E-state index in [0.717, 1.165) is 23.2 Å². The number of para-hydroxylation sites is 1. The molecule has 0 saturated carbocycles. The van der Waals surface area contributed by atoms with Crippen LogP contribution in [0.5, 0.6) is 5.75 Å². The van der Waals surface area contributed by atoms with Crippen molar-refractivity contribution >= 4 is 23.2 Å². The lowest BCUT2D eigenvalue weighted by atomic mass is 10.0. The van der Waals surface area contributed by atoms with E-state index in [1.54, 1.807) is 38.1 Å². The number of aryl methyl sites for hydroxylation is 2. The van der Waals surface area contributed by atoms with Crippen molar-refractivity contribution in [1.29, 1.82) is 0 Å². The molecule has 1 N–H and O–H groups in total. The summed E-state index contributed by atoms with van der Waals surface area (Å²) in [5.41, 5.74) is 2.02. The summed E-state index contributed by atoms with van der Waals surface area (Å²) in [5, 5.41) is 3.64. The van der Waals surface area contributed by atoms with Crippen LogP contribution < -0.4 is 10.1 Å². The van der Waals surface area contributed by atoms with Gasteiger partial charge in [0, 0.05) is 10.7 Å². The Kier molecular flexibility index (Phi) is 5.32. The van der Waals surface area contributed by atoms with Gasteiger partial charge >= 0.3 is 0 Å². The maximum absolute atomic E-state index is 12.7. The van der Waals surface area contributed by atoms with E-state index in [2.05, 4.69) is 12.2 Å². The molecule has 2 aromatic rings. The maximum atomic E-state index is 12.7. The molecule has 0 atom stereocenters. The first-order chi connectivity index (χ1) is 10.8. The van der Waals surface area contributed by atoms with E-state index in [4.69, 9.17) is 16.3 Å². The number of hydrogen-bond donors (Lipinski definition) is 1. The van der Waals surface area contributed by atoms with Gasteiger partial charge in [-0.05, 0) is 62.6 Å². The molecule has 0 aliphatic carbocycles. The van der Waals surface area contributed by atoms with Crippen LogP contribution in [0, 0.1) is 6.92 Å².